The Labute approximate surface area is 160 Å². The largest absolute Gasteiger partial charge is 0.407 e. The van der Waals surface area contributed by atoms with Crippen LogP contribution < -0.4 is 10.4 Å². The predicted molar refractivity (Wildman–Crippen MR) is 113 cm³/mol. The summed E-state index contributed by atoms with van der Waals surface area (Å²) in [5.74, 6) is 0. The molecule has 3 heteroatoms. The van der Waals surface area contributed by atoms with Gasteiger partial charge in [0.05, 0.1) is 0 Å². The van der Waals surface area contributed by atoms with E-state index in [2.05, 4.69) is 62.0 Å². The van der Waals surface area contributed by atoms with E-state index in [1.807, 2.05) is 18.2 Å². The first kappa shape index (κ1) is 20.6. The number of hydrogen-bond donors (Lipinski definition) is 0. The zero-order valence-corrected chi connectivity index (χ0v) is 17.0. The summed E-state index contributed by atoms with van der Waals surface area (Å²) in [7, 11) is -2.70. The summed E-state index contributed by atoms with van der Waals surface area (Å²) in [6.45, 7) is 7.45. The first-order valence-corrected chi connectivity index (χ1v) is 11.6. The average molecular weight is 369 g/mol. The van der Waals surface area contributed by atoms with Crippen molar-refractivity contribution in [3.8, 4) is 0 Å². The molecule has 0 spiro atoms. The van der Waals surface area contributed by atoms with Gasteiger partial charge in [-0.1, -0.05) is 99.3 Å². The Bertz CT molecular complexity index is 573. The topological polar surface area (TPSA) is 18.5 Å². The first-order valence-electron chi connectivity index (χ1n) is 9.83. The standard InChI is InChI=1S/C23H32O2Si/c1-3-5-7-8-15-21-25-26(24-20-6-4-2,22-16-11-9-12-17-22)23-18-13-10-14-19-23/h4,9-14,16-19H,2-3,5-8,15,20-21H2,1H3. The zero-order valence-electron chi connectivity index (χ0n) is 16.0. The lowest BCUT2D eigenvalue weighted by molar-refractivity contribution is 0.190. The Morgan fingerprint density at radius 1 is 0.769 bits per heavy atom. The molecule has 26 heavy (non-hydrogen) atoms. The second-order valence-corrected chi connectivity index (χ2v) is 9.50. The van der Waals surface area contributed by atoms with Gasteiger partial charge in [-0.15, -0.1) is 6.58 Å². The molecule has 0 bridgehead atoms. The minimum absolute atomic E-state index is 0.634. The van der Waals surface area contributed by atoms with Crippen molar-refractivity contribution in [1.29, 1.82) is 0 Å². The lowest BCUT2D eigenvalue weighted by Gasteiger charge is -2.31. The van der Waals surface area contributed by atoms with Gasteiger partial charge >= 0.3 is 8.56 Å². The number of hydrogen-bond acceptors (Lipinski definition) is 2. The molecular weight excluding hydrogens is 336 g/mol. The Morgan fingerprint density at radius 2 is 1.31 bits per heavy atom. The lowest BCUT2D eigenvalue weighted by atomic mass is 10.2. The highest BCUT2D eigenvalue weighted by Crippen LogP contribution is 2.13. The third-order valence-electron chi connectivity index (χ3n) is 4.49. The van der Waals surface area contributed by atoms with Crippen LogP contribution in [0.15, 0.2) is 73.3 Å². The average Bonchev–Trinajstić information content (AvgIpc) is 2.71. The normalized spacial score (nSPS) is 11.4. The molecule has 2 aromatic rings. The molecule has 0 atom stereocenters. The quantitative estimate of drug-likeness (QED) is 0.287. The molecule has 0 unspecified atom stereocenters. The van der Waals surface area contributed by atoms with Gasteiger partial charge in [0.25, 0.3) is 0 Å². The third-order valence-corrected chi connectivity index (χ3v) is 7.90. The Morgan fingerprint density at radius 3 is 1.85 bits per heavy atom. The molecule has 0 aromatic heterocycles. The molecule has 0 amide bonds. The molecule has 2 nitrogen and oxygen atoms in total. The summed E-state index contributed by atoms with van der Waals surface area (Å²) in [6, 6.07) is 20.9. The molecule has 2 aromatic carbocycles. The molecular formula is C23H32O2Si. The molecule has 0 aliphatic carbocycles. The van der Waals surface area contributed by atoms with Gasteiger partial charge in [-0.25, -0.2) is 0 Å². The molecule has 2 rings (SSSR count). The van der Waals surface area contributed by atoms with Crippen molar-refractivity contribution < 1.29 is 8.85 Å². The van der Waals surface area contributed by atoms with Gasteiger partial charge in [0, 0.05) is 13.2 Å². The maximum atomic E-state index is 6.61. The molecule has 0 radical (unpaired) electrons. The fraction of sp³-hybridized carbons (Fsp3) is 0.391. The van der Waals surface area contributed by atoms with Gasteiger partial charge in [-0.3, -0.25) is 0 Å². The van der Waals surface area contributed by atoms with Crippen molar-refractivity contribution >= 4 is 18.9 Å². The van der Waals surface area contributed by atoms with Gasteiger partial charge in [0.1, 0.15) is 0 Å². The van der Waals surface area contributed by atoms with Gasteiger partial charge in [-0.05, 0) is 23.2 Å². The van der Waals surface area contributed by atoms with Gasteiger partial charge in [-0.2, -0.15) is 0 Å². The van der Waals surface area contributed by atoms with Gasteiger partial charge in [0.2, 0.25) is 0 Å². The highest BCUT2D eigenvalue weighted by molar-refractivity contribution is 6.92. The maximum absolute atomic E-state index is 6.61. The molecule has 0 N–H and O–H groups in total. The van der Waals surface area contributed by atoms with E-state index in [9.17, 15) is 0 Å². The van der Waals surface area contributed by atoms with Gasteiger partial charge < -0.3 is 8.85 Å². The second-order valence-electron chi connectivity index (χ2n) is 6.54. The number of unbranched alkanes of at least 4 members (excludes halogenated alkanes) is 4. The summed E-state index contributed by atoms with van der Waals surface area (Å²) < 4.78 is 13.1. The van der Waals surface area contributed by atoms with Crippen LogP contribution in [-0.4, -0.2) is 21.8 Å². The summed E-state index contributed by atoms with van der Waals surface area (Å²) in [4.78, 5) is 0. The number of rotatable bonds is 13. The third kappa shape index (κ3) is 5.94. The summed E-state index contributed by atoms with van der Waals surface area (Å²) in [5.41, 5.74) is 0. The van der Waals surface area contributed by atoms with E-state index in [0.717, 1.165) is 19.4 Å². The van der Waals surface area contributed by atoms with E-state index in [4.69, 9.17) is 8.85 Å². The van der Waals surface area contributed by atoms with Crippen LogP contribution in [0.2, 0.25) is 0 Å². The van der Waals surface area contributed by atoms with Crippen LogP contribution in [0.5, 0.6) is 0 Å². The van der Waals surface area contributed by atoms with Crippen LogP contribution in [0, 0.1) is 0 Å². The predicted octanol–water partition coefficient (Wildman–Crippen LogP) is 4.82. The van der Waals surface area contributed by atoms with Crippen molar-refractivity contribution in [3.05, 3.63) is 73.3 Å². The fourth-order valence-corrected chi connectivity index (χ4v) is 6.25. The Kier molecular flexibility index (Phi) is 9.39. The van der Waals surface area contributed by atoms with E-state index in [0.29, 0.717) is 6.61 Å². The summed E-state index contributed by atoms with van der Waals surface area (Å²) >= 11 is 0. The van der Waals surface area contributed by atoms with E-state index >= 15 is 0 Å². The highest BCUT2D eigenvalue weighted by atomic mass is 28.4. The maximum Gasteiger partial charge on any atom is 0.407 e. The van der Waals surface area contributed by atoms with Crippen molar-refractivity contribution in [2.24, 2.45) is 0 Å². The van der Waals surface area contributed by atoms with Crippen LogP contribution in [0.3, 0.4) is 0 Å². The summed E-state index contributed by atoms with van der Waals surface area (Å²) in [5, 5.41) is 2.34. The van der Waals surface area contributed by atoms with E-state index in [1.165, 1.54) is 36.1 Å². The highest BCUT2D eigenvalue weighted by Gasteiger charge is 2.42. The zero-order chi connectivity index (χ0) is 18.5. The van der Waals surface area contributed by atoms with Crippen LogP contribution in [0.4, 0.5) is 0 Å². The second kappa shape index (κ2) is 11.8. The van der Waals surface area contributed by atoms with Crippen molar-refractivity contribution in [3.63, 3.8) is 0 Å². The minimum atomic E-state index is -2.70. The van der Waals surface area contributed by atoms with Crippen molar-refractivity contribution in [2.75, 3.05) is 13.2 Å². The van der Waals surface area contributed by atoms with E-state index in [-0.39, 0.29) is 0 Å². The van der Waals surface area contributed by atoms with Crippen molar-refractivity contribution in [2.45, 2.75) is 45.4 Å². The minimum Gasteiger partial charge on any atom is -0.388 e. The van der Waals surface area contributed by atoms with Crippen molar-refractivity contribution in [1.82, 2.24) is 0 Å². The molecule has 0 saturated heterocycles. The molecule has 0 aliphatic rings. The Hall–Kier alpha value is -1.68. The first-order chi connectivity index (χ1) is 12.8. The molecule has 0 saturated carbocycles. The molecule has 0 fully saturated rings. The smallest absolute Gasteiger partial charge is 0.388 e. The van der Waals surface area contributed by atoms with E-state index in [1.54, 1.807) is 0 Å². The fourth-order valence-electron chi connectivity index (χ4n) is 3.06. The Balaban J connectivity index is 2.23. The van der Waals surface area contributed by atoms with Crippen LogP contribution in [0.1, 0.15) is 45.4 Å². The van der Waals surface area contributed by atoms with Gasteiger partial charge in [0.15, 0.2) is 0 Å². The summed E-state index contributed by atoms with van der Waals surface area (Å²) in [6.07, 6.45) is 8.87. The molecule has 0 heterocycles. The number of benzene rings is 2. The lowest BCUT2D eigenvalue weighted by Crippen LogP contribution is -2.63. The van der Waals surface area contributed by atoms with E-state index < -0.39 is 8.56 Å². The van der Waals surface area contributed by atoms with Crippen LogP contribution in [-0.2, 0) is 8.85 Å². The van der Waals surface area contributed by atoms with Crippen LogP contribution >= 0.6 is 0 Å². The monoisotopic (exact) mass is 368 g/mol. The van der Waals surface area contributed by atoms with Crippen LogP contribution in [0.25, 0.3) is 0 Å². The molecule has 140 valence electrons. The molecule has 0 aliphatic heterocycles. The SMILES string of the molecule is C=CCCO[Si](OCCCCCCC)(c1ccccc1)c1ccccc1.